The fourth-order valence-corrected chi connectivity index (χ4v) is 2.77. The molecule has 1 aliphatic heterocycles. The van der Waals surface area contributed by atoms with Crippen molar-refractivity contribution in [2.75, 3.05) is 6.54 Å². The first-order valence-electron chi connectivity index (χ1n) is 7.79. The fourth-order valence-electron chi connectivity index (χ4n) is 2.77. The summed E-state index contributed by atoms with van der Waals surface area (Å²) in [5.41, 5.74) is 2.58. The maximum absolute atomic E-state index is 12.6. The smallest absolute Gasteiger partial charge is 0.254 e. The molecule has 1 aliphatic rings. The summed E-state index contributed by atoms with van der Waals surface area (Å²) >= 11 is 0. The van der Waals surface area contributed by atoms with Crippen LogP contribution in [0.1, 0.15) is 35.3 Å². The van der Waals surface area contributed by atoms with Crippen molar-refractivity contribution in [2.24, 2.45) is 0 Å². The van der Waals surface area contributed by atoms with Gasteiger partial charge in [0.1, 0.15) is 5.75 Å². The number of pyridine rings is 1. The highest BCUT2D eigenvalue weighted by Crippen LogP contribution is 2.20. The molecule has 1 aromatic carbocycles. The summed E-state index contributed by atoms with van der Waals surface area (Å²) in [5.74, 6) is 0.760. The van der Waals surface area contributed by atoms with Gasteiger partial charge in [0.25, 0.3) is 5.91 Å². The number of hydrogen-bond donors (Lipinski definition) is 1. The number of aromatic nitrogens is 1. The predicted molar refractivity (Wildman–Crippen MR) is 87.7 cm³/mol. The van der Waals surface area contributed by atoms with Gasteiger partial charge in [0.15, 0.2) is 0 Å². The molecule has 0 radical (unpaired) electrons. The lowest BCUT2D eigenvalue weighted by atomic mass is 10.0. The number of rotatable bonds is 3. The lowest BCUT2D eigenvalue weighted by molar-refractivity contribution is 0.0734. The Balaban J connectivity index is 1.74. The van der Waals surface area contributed by atoms with Crippen molar-refractivity contribution in [1.29, 1.82) is 0 Å². The number of H-pyrrole nitrogens is 1. The molecule has 1 aromatic heterocycles. The second-order valence-electron chi connectivity index (χ2n) is 6.02. The van der Waals surface area contributed by atoms with Crippen LogP contribution in [0.3, 0.4) is 0 Å². The highest BCUT2D eigenvalue weighted by molar-refractivity contribution is 5.94. The Morgan fingerprint density at radius 2 is 1.96 bits per heavy atom. The zero-order chi connectivity index (χ0) is 16.4. The van der Waals surface area contributed by atoms with Crippen molar-refractivity contribution < 1.29 is 9.53 Å². The number of nitrogens with one attached hydrogen (secondary N) is 1. The Bertz CT molecular complexity index is 763. The molecule has 0 aliphatic carbocycles. The zero-order valence-corrected chi connectivity index (χ0v) is 13.3. The molecule has 1 amide bonds. The molecule has 0 spiro atoms. The van der Waals surface area contributed by atoms with E-state index in [4.69, 9.17) is 4.74 Å². The zero-order valence-electron chi connectivity index (χ0n) is 13.3. The minimum absolute atomic E-state index is 0.00190. The number of benzene rings is 1. The number of carbonyl (C=O) groups is 1. The van der Waals surface area contributed by atoms with E-state index in [2.05, 4.69) is 4.98 Å². The third-order valence-electron chi connectivity index (χ3n) is 3.88. The van der Waals surface area contributed by atoms with Gasteiger partial charge in [-0.1, -0.05) is 0 Å². The van der Waals surface area contributed by atoms with Gasteiger partial charge < -0.3 is 14.6 Å². The van der Waals surface area contributed by atoms with E-state index in [1.54, 1.807) is 29.3 Å². The van der Waals surface area contributed by atoms with Crippen LogP contribution >= 0.6 is 0 Å². The van der Waals surface area contributed by atoms with Crippen LogP contribution in [-0.4, -0.2) is 28.4 Å². The molecule has 0 bridgehead atoms. The van der Waals surface area contributed by atoms with Gasteiger partial charge in [-0.05, 0) is 55.7 Å². The van der Waals surface area contributed by atoms with Crippen LogP contribution in [0.2, 0.25) is 0 Å². The van der Waals surface area contributed by atoms with Crippen molar-refractivity contribution in [3.8, 4) is 5.75 Å². The van der Waals surface area contributed by atoms with Gasteiger partial charge in [0, 0.05) is 30.9 Å². The highest BCUT2D eigenvalue weighted by Gasteiger charge is 2.22. The van der Waals surface area contributed by atoms with E-state index < -0.39 is 0 Å². The van der Waals surface area contributed by atoms with Crippen molar-refractivity contribution in [2.45, 2.75) is 32.9 Å². The standard InChI is InChI=1S/C18H20N2O3/c1-12(2)23-16-5-3-13(4-6-16)18(22)20-8-7-14-9-17(21)19-10-15(14)11-20/h3-6,9-10,12H,7-8,11H2,1-2H3,(H,19,21). The molecule has 23 heavy (non-hydrogen) atoms. The number of amides is 1. The number of aromatic amines is 1. The van der Waals surface area contributed by atoms with Gasteiger partial charge in [0.2, 0.25) is 5.56 Å². The first kappa shape index (κ1) is 15.3. The Labute approximate surface area is 134 Å². The lowest BCUT2D eigenvalue weighted by Gasteiger charge is -2.28. The maximum atomic E-state index is 12.6. The molecule has 0 unspecified atom stereocenters. The monoisotopic (exact) mass is 312 g/mol. The summed E-state index contributed by atoms with van der Waals surface area (Å²) in [6, 6.07) is 8.85. The molecule has 3 rings (SSSR count). The molecule has 0 fully saturated rings. The SMILES string of the molecule is CC(C)Oc1ccc(C(=O)N2CCc3cc(=O)[nH]cc3C2)cc1. The summed E-state index contributed by atoms with van der Waals surface area (Å²) < 4.78 is 5.59. The number of fused-ring (bicyclic) bond motifs is 1. The third-order valence-corrected chi connectivity index (χ3v) is 3.88. The van der Waals surface area contributed by atoms with Crippen molar-refractivity contribution in [3.05, 3.63) is 63.6 Å². The Morgan fingerprint density at radius 1 is 1.22 bits per heavy atom. The van der Waals surface area contributed by atoms with Gasteiger partial charge in [0.05, 0.1) is 6.10 Å². The van der Waals surface area contributed by atoms with Crippen LogP contribution in [0.15, 0.2) is 41.3 Å². The molecule has 0 saturated carbocycles. The molecular formula is C18H20N2O3. The quantitative estimate of drug-likeness (QED) is 0.946. The third kappa shape index (κ3) is 3.44. The maximum Gasteiger partial charge on any atom is 0.254 e. The average Bonchev–Trinajstić information content (AvgIpc) is 2.54. The van der Waals surface area contributed by atoms with Crippen molar-refractivity contribution in [1.82, 2.24) is 9.88 Å². The van der Waals surface area contributed by atoms with Crippen LogP contribution in [0.25, 0.3) is 0 Å². The number of nitrogens with zero attached hydrogens (tertiary/aromatic N) is 1. The number of ether oxygens (including phenoxy) is 1. The summed E-state index contributed by atoms with van der Waals surface area (Å²) in [5, 5.41) is 0. The van der Waals surface area contributed by atoms with E-state index in [-0.39, 0.29) is 17.6 Å². The van der Waals surface area contributed by atoms with E-state index in [9.17, 15) is 9.59 Å². The van der Waals surface area contributed by atoms with Gasteiger partial charge in [-0.25, -0.2) is 0 Å². The van der Waals surface area contributed by atoms with Crippen LogP contribution in [0.5, 0.6) is 5.75 Å². The summed E-state index contributed by atoms with van der Waals surface area (Å²) in [6.07, 6.45) is 2.52. The second-order valence-corrected chi connectivity index (χ2v) is 6.02. The molecule has 120 valence electrons. The Kier molecular flexibility index (Phi) is 4.19. The second kappa shape index (κ2) is 6.28. The fraction of sp³-hybridized carbons (Fsp3) is 0.333. The summed E-state index contributed by atoms with van der Waals surface area (Å²) in [6.45, 7) is 5.08. The molecule has 5 heteroatoms. The number of carbonyl (C=O) groups excluding carboxylic acids is 1. The van der Waals surface area contributed by atoms with Crippen molar-refractivity contribution >= 4 is 5.91 Å². The summed E-state index contributed by atoms with van der Waals surface area (Å²) in [7, 11) is 0. The topological polar surface area (TPSA) is 62.4 Å². The minimum atomic E-state index is -0.0933. The lowest BCUT2D eigenvalue weighted by Crippen LogP contribution is -2.36. The largest absolute Gasteiger partial charge is 0.491 e. The normalized spacial score (nSPS) is 13.8. The molecule has 5 nitrogen and oxygen atoms in total. The molecule has 1 N–H and O–H groups in total. The molecular weight excluding hydrogens is 292 g/mol. The van der Waals surface area contributed by atoms with Gasteiger partial charge in [-0.3, -0.25) is 9.59 Å². The van der Waals surface area contributed by atoms with Crippen LogP contribution in [0, 0.1) is 0 Å². The van der Waals surface area contributed by atoms with Crippen molar-refractivity contribution in [3.63, 3.8) is 0 Å². The van der Waals surface area contributed by atoms with E-state index in [1.807, 2.05) is 26.0 Å². The van der Waals surface area contributed by atoms with E-state index in [0.29, 0.717) is 25.1 Å². The highest BCUT2D eigenvalue weighted by atomic mass is 16.5. The van der Waals surface area contributed by atoms with Gasteiger partial charge in [-0.2, -0.15) is 0 Å². The average molecular weight is 312 g/mol. The Hall–Kier alpha value is -2.56. The van der Waals surface area contributed by atoms with E-state index in [1.165, 1.54) is 0 Å². The van der Waals surface area contributed by atoms with E-state index in [0.717, 1.165) is 16.9 Å². The van der Waals surface area contributed by atoms with E-state index >= 15 is 0 Å². The van der Waals surface area contributed by atoms with Crippen LogP contribution in [0.4, 0.5) is 0 Å². The molecule has 0 atom stereocenters. The first-order chi connectivity index (χ1) is 11.0. The molecule has 2 aromatic rings. The molecule has 0 saturated heterocycles. The Morgan fingerprint density at radius 3 is 2.65 bits per heavy atom. The van der Waals surface area contributed by atoms with Crippen LogP contribution in [-0.2, 0) is 13.0 Å². The first-order valence-corrected chi connectivity index (χ1v) is 7.79. The number of hydrogen-bond acceptors (Lipinski definition) is 3. The van der Waals surface area contributed by atoms with Gasteiger partial charge in [-0.15, -0.1) is 0 Å². The molecule has 2 heterocycles. The summed E-state index contributed by atoms with van der Waals surface area (Å²) in [4.78, 5) is 28.4. The van der Waals surface area contributed by atoms with Crippen LogP contribution < -0.4 is 10.3 Å². The minimum Gasteiger partial charge on any atom is -0.491 e. The van der Waals surface area contributed by atoms with Gasteiger partial charge >= 0.3 is 0 Å². The predicted octanol–water partition coefficient (Wildman–Crippen LogP) is 2.36.